The van der Waals surface area contributed by atoms with E-state index >= 15 is 0 Å². The van der Waals surface area contributed by atoms with Crippen LogP contribution in [0.5, 0.6) is 0 Å². The maximum atomic E-state index is 11.1. The van der Waals surface area contributed by atoms with Gasteiger partial charge in [0, 0.05) is 29.8 Å². The second kappa shape index (κ2) is 5.34. The molecule has 1 aromatic rings. The lowest BCUT2D eigenvalue weighted by molar-refractivity contribution is -0.128. The number of amides is 3. The van der Waals surface area contributed by atoms with Gasteiger partial charge in [0.2, 0.25) is 11.8 Å². The predicted molar refractivity (Wildman–Crippen MR) is 68.9 cm³/mol. The van der Waals surface area contributed by atoms with Gasteiger partial charge >= 0.3 is 0 Å². The molecule has 2 aliphatic heterocycles. The Balaban J connectivity index is 0.000000148. The van der Waals surface area contributed by atoms with Crippen LogP contribution in [0, 0.1) is 0 Å². The number of nitrogen functional groups attached to an aromatic ring is 1. The molecular weight excluding hydrogens is 246 g/mol. The Morgan fingerprint density at radius 3 is 2.53 bits per heavy atom. The second-order valence-electron chi connectivity index (χ2n) is 4.07. The summed E-state index contributed by atoms with van der Waals surface area (Å²) < 4.78 is 0. The minimum Gasteiger partial charge on any atom is -0.398 e. The van der Waals surface area contributed by atoms with E-state index in [1.54, 1.807) is 24.3 Å². The van der Waals surface area contributed by atoms with Crippen LogP contribution in [0.3, 0.4) is 0 Å². The number of carbonyl (C=O) groups excluding carboxylic acids is 3. The van der Waals surface area contributed by atoms with Gasteiger partial charge in [-0.3, -0.25) is 19.7 Å². The SMILES string of the molecule is Nc1cccc2c1CNC2=O.O=C1C=CCC(=O)N1. The number of carbonyl (C=O) groups is 3. The highest BCUT2D eigenvalue weighted by molar-refractivity contribution is 6.04. The number of rotatable bonds is 0. The smallest absolute Gasteiger partial charge is 0.251 e. The van der Waals surface area contributed by atoms with Crippen molar-refractivity contribution in [3.8, 4) is 0 Å². The van der Waals surface area contributed by atoms with Gasteiger partial charge in [-0.15, -0.1) is 0 Å². The summed E-state index contributed by atoms with van der Waals surface area (Å²) in [4.78, 5) is 31.6. The second-order valence-corrected chi connectivity index (χ2v) is 4.07. The fourth-order valence-electron chi connectivity index (χ4n) is 1.78. The van der Waals surface area contributed by atoms with Gasteiger partial charge in [0.15, 0.2) is 0 Å². The lowest BCUT2D eigenvalue weighted by atomic mass is 10.1. The minimum absolute atomic E-state index is 0.0210. The Bertz CT molecular complexity index is 578. The zero-order chi connectivity index (χ0) is 13.8. The fourth-order valence-corrected chi connectivity index (χ4v) is 1.78. The van der Waals surface area contributed by atoms with Gasteiger partial charge in [-0.05, 0) is 18.2 Å². The molecule has 3 rings (SSSR count). The molecule has 1 aromatic carbocycles. The highest BCUT2D eigenvalue weighted by Crippen LogP contribution is 2.20. The molecule has 0 saturated heterocycles. The standard InChI is InChI=1S/C8H8N2O.C5H5NO2/c9-7-3-1-2-5-6(7)4-10-8(5)11;7-4-2-1-3-5(8)6-4/h1-3H,4,9H2,(H,10,11);1-2H,3H2,(H,6,7,8). The first-order valence-electron chi connectivity index (χ1n) is 5.74. The van der Waals surface area contributed by atoms with Crippen LogP contribution in [0.4, 0.5) is 5.69 Å². The lowest BCUT2D eigenvalue weighted by Crippen LogP contribution is -2.30. The summed E-state index contributed by atoms with van der Waals surface area (Å²) in [6.45, 7) is 0.570. The van der Waals surface area contributed by atoms with E-state index in [4.69, 9.17) is 5.73 Å². The summed E-state index contributed by atoms with van der Waals surface area (Å²) in [7, 11) is 0. The Morgan fingerprint density at radius 2 is 1.95 bits per heavy atom. The van der Waals surface area contributed by atoms with Gasteiger partial charge < -0.3 is 11.1 Å². The first kappa shape index (κ1) is 12.8. The molecule has 6 heteroatoms. The Morgan fingerprint density at radius 1 is 1.16 bits per heavy atom. The largest absolute Gasteiger partial charge is 0.398 e. The molecule has 0 aliphatic carbocycles. The highest BCUT2D eigenvalue weighted by atomic mass is 16.2. The number of fused-ring (bicyclic) bond motifs is 1. The molecule has 0 radical (unpaired) electrons. The number of nitrogens with one attached hydrogen (secondary N) is 2. The number of imide groups is 1. The summed E-state index contributed by atoms with van der Waals surface area (Å²) in [5, 5.41) is 4.82. The number of hydrogen-bond donors (Lipinski definition) is 3. The maximum Gasteiger partial charge on any atom is 0.251 e. The molecule has 6 nitrogen and oxygen atoms in total. The van der Waals surface area contributed by atoms with Crippen molar-refractivity contribution in [3.05, 3.63) is 41.5 Å². The van der Waals surface area contributed by atoms with Crippen LogP contribution in [-0.2, 0) is 16.1 Å². The number of anilines is 1. The molecular formula is C13H13N3O3. The van der Waals surface area contributed by atoms with E-state index < -0.39 is 0 Å². The summed E-state index contributed by atoms with van der Waals surface area (Å²) in [5.41, 5.74) is 7.98. The third-order valence-corrected chi connectivity index (χ3v) is 2.72. The molecule has 4 N–H and O–H groups in total. The third kappa shape index (κ3) is 2.98. The van der Waals surface area contributed by atoms with Crippen molar-refractivity contribution in [3.63, 3.8) is 0 Å². The first-order valence-corrected chi connectivity index (χ1v) is 5.74. The van der Waals surface area contributed by atoms with E-state index in [9.17, 15) is 14.4 Å². The third-order valence-electron chi connectivity index (χ3n) is 2.72. The normalized spacial score (nSPS) is 16.1. The van der Waals surface area contributed by atoms with Crippen LogP contribution in [0.15, 0.2) is 30.4 Å². The molecule has 2 aliphatic rings. The molecule has 0 fully saturated rings. The average Bonchev–Trinajstić information content (AvgIpc) is 2.73. The quantitative estimate of drug-likeness (QED) is 0.454. The topological polar surface area (TPSA) is 101 Å². The molecule has 98 valence electrons. The molecule has 0 spiro atoms. The van der Waals surface area contributed by atoms with E-state index in [1.165, 1.54) is 6.08 Å². The van der Waals surface area contributed by atoms with Gasteiger partial charge in [-0.1, -0.05) is 12.1 Å². The molecule has 19 heavy (non-hydrogen) atoms. The van der Waals surface area contributed by atoms with Crippen molar-refractivity contribution in [1.82, 2.24) is 10.6 Å². The van der Waals surface area contributed by atoms with Crippen molar-refractivity contribution in [2.24, 2.45) is 0 Å². The summed E-state index contributed by atoms with van der Waals surface area (Å²) in [6.07, 6.45) is 3.22. The number of hydrogen-bond acceptors (Lipinski definition) is 4. The molecule has 0 atom stereocenters. The summed E-state index contributed by atoms with van der Waals surface area (Å²) >= 11 is 0. The van der Waals surface area contributed by atoms with Crippen LogP contribution in [-0.4, -0.2) is 17.7 Å². The number of benzene rings is 1. The van der Waals surface area contributed by atoms with Crippen LogP contribution in [0.2, 0.25) is 0 Å². The Hall–Kier alpha value is -2.63. The van der Waals surface area contributed by atoms with Crippen molar-refractivity contribution in [2.75, 3.05) is 5.73 Å². The van der Waals surface area contributed by atoms with E-state index in [1.807, 2.05) is 0 Å². The van der Waals surface area contributed by atoms with Crippen molar-refractivity contribution >= 4 is 23.4 Å². The van der Waals surface area contributed by atoms with Crippen LogP contribution in [0.25, 0.3) is 0 Å². The van der Waals surface area contributed by atoms with Gasteiger partial charge in [-0.25, -0.2) is 0 Å². The molecule has 2 heterocycles. The Labute approximate surface area is 109 Å². The van der Waals surface area contributed by atoms with Gasteiger partial charge in [0.05, 0.1) is 0 Å². The average molecular weight is 259 g/mol. The van der Waals surface area contributed by atoms with E-state index in [0.717, 1.165) is 5.56 Å². The van der Waals surface area contributed by atoms with Crippen molar-refractivity contribution in [1.29, 1.82) is 0 Å². The van der Waals surface area contributed by atoms with Gasteiger partial charge in [0.25, 0.3) is 5.91 Å². The van der Waals surface area contributed by atoms with Crippen molar-refractivity contribution < 1.29 is 14.4 Å². The zero-order valence-electron chi connectivity index (χ0n) is 10.1. The summed E-state index contributed by atoms with van der Waals surface area (Å²) in [6, 6.07) is 5.38. The molecule has 3 amide bonds. The van der Waals surface area contributed by atoms with Gasteiger partial charge in [0.1, 0.15) is 0 Å². The lowest BCUT2D eigenvalue weighted by Gasteiger charge is -2.00. The fraction of sp³-hybridized carbons (Fsp3) is 0.154. The number of nitrogens with two attached hydrogens (primary N) is 1. The molecule has 0 saturated carbocycles. The summed E-state index contributed by atoms with van der Waals surface area (Å²) in [5.74, 6) is -0.564. The highest BCUT2D eigenvalue weighted by Gasteiger charge is 2.19. The Kier molecular flexibility index (Phi) is 3.61. The van der Waals surface area contributed by atoms with Crippen molar-refractivity contribution in [2.45, 2.75) is 13.0 Å². The first-order chi connectivity index (χ1) is 9.08. The van der Waals surface area contributed by atoms with Gasteiger partial charge in [-0.2, -0.15) is 0 Å². The molecule has 0 aromatic heterocycles. The van der Waals surface area contributed by atoms with E-state index in [2.05, 4.69) is 10.6 Å². The minimum atomic E-state index is -0.318. The molecule has 0 bridgehead atoms. The zero-order valence-corrected chi connectivity index (χ0v) is 10.1. The monoisotopic (exact) mass is 259 g/mol. The van der Waals surface area contributed by atoms with Crippen LogP contribution in [0.1, 0.15) is 22.3 Å². The van der Waals surface area contributed by atoms with Crippen LogP contribution >= 0.6 is 0 Å². The predicted octanol–water partition coefficient (Wildman–Crippen LogP) is 0.101. The van der Waals surface area contributed by atoms with E-state index in [-0.39, 0.29) is 17.7 Å². The van der Waals surface area contributed by atoms with Crippen LogP contribution < -0.4 is 16.4 Å². The van der Waals surface area contributed by atoms with E-state index in [0.29, 0.717) is 24.2 Å². The molecule has 0 unspecified atom stereocenters. The maximum absolute atomic E-state index is 11.1.